The van der Waals surface area contributed by atoms with Gasteiger partial charge in [0.1, 0.15) is 0 Å². The molecule has 3 rings (SSSR count). The van der Waals surface area contributed by atoms with Gasteiger partial charge in [0.15, 0.2) is 5.13 Å². The van der Waals surface area contributed by atoms with Crippen molar-refractivity contribution in [3.63, 3.8) is 0 Å². The van der Waals surface area contributed by atoms with Gasteiger partial charge in [-0.15, -0.1) is 36.2 Å². The van der Waals surface area contributed by atoms with Crippen molar-refractivity contribution in [3.05, 3.63) is 10.6 Å². The van der Waals surface area contributed by atoms with Crippen LogP contribution in [-0.4, -0.2) is 34.4 Å². The zero-order chi connectivity index (χ0) is 14.9. The molecular weight excluding hydrogens is 355 g/mol. The third kappa shape index (κ3) is 4.57. The van der Waals surface area contributed by atoms with Gasteiger partial charge in [0.25, 0.3) is 0 Å². The van der Waals surface area contributed by atoms with Crippen LogP contribution in [0.2, 0.25) is 0 Å². The monoisotopic (exact) mass is 380 g/mol. The van der Waals surface area contributed by atoms with Gasteiger partial charge in [-0.25, -0.2) is 4.98 Å². The summed E-state index contributed by atoms with van der Waals surface area (Å²) < 4.78 is 0. The number of fused-ring (bicyclic) bond motifs is 1. The number of carbonyl (C=O) groups excluding carboxylic acids is 1. The van der Waals surface area contributed by atoms with Crippen molar-refractivity contribution in [1.29, 1.82) is 0 Å². The molecular formula is C15H26Cl2N4OS. The van der Waals surface area contributed by atoms with E-state index in [2.05, 4.69) is 22.1 Å². The van der Waals surface area contributed by atoms with Gasteiger partial charge in [-0.3, -0.25) is 9.69 Å². The van der Waals surface area contributed by atoms with E-state index in [1.807, 2.05) is 0 Å². The normalized spacial score (nSPS) is 19.9. The Labute approximate surface area is 154 Å². The number of nitrogens with zero attached hydrogens (tertiary/aromatic N) is 2. The van der Waals surface area contributed by atoms with Gasteiger partial charge in [0.2, 0.25) is 5.91 Å². The molecule has 1 aromatic heterocycles. The average Bonchev–Trinajstić information content (AvgIpc) is 2.89. The second-order valence-corrected chi connectivity index (χ2v) is 7.26. The number of thiazole rings is 1. The zero-order valence-corrected chi connectivity index (χ0v) is 15.9. The lowest BCUT2D eigenvalue weighted by Gasteiger charge is -2.31. The summed E-state index contributed by atoms with van der Waals surface area (Å²) in [5.41, 5.74) is 6.73. The Morgan fingerprint density at radius 2 is 2.04 bits per heavy atom. The zero-order valence-electron chi connectivity index (χ0n) is 13.5. The van der Waals surface area contributed by atoms with E-state index in [9.17, 15) is 4.79 Å². The summed E-state index contributed by atoms with van der Waals surface area (Å²) in [7, 11) is 0. The molecule has 1 amide bonds. The first-order valence-corrected chi connectivity index (χ1v) is 8.73. The highest BCUT2D eigenvalue weighted by Gasteiger charge is 2.36. The molecule has 0 spiro atoms. The molecule has 132 valence electrons. The van der Waals surface area contributed by atoms with Gasteiger partial charge >= 0.3 is 0 Å². The first-order chi connectivity index (χ1) is 10.1. The average molecular weight is 381 g/mol. The molecule has 1 aromatic rings. The number of halogens is 2. The van der Waals surface area contributed by atoms with Crippen molar-refractivity contribution >= 4 is 47.2 Å². The molecule has 2 heterocycles. The van der Waals surface area contributed by atoms with Gasteiger partial charge in [0, 0.05) is 24.4 Å². The van der Waals surface area contributed by atoms with Crippen LogP contribution in [-0.2, 0) is 17.8 Å². The summed E-state index contributed by atoms with van der Waals surface area (Å²) in [6.07, 6.45) is 5.82. The molecule has 8 heteroatoms. The molecule has 5 nitrogen and oxygen atoms in total. The summed E-state index contributed by atoms with van der Waals surface area (Å²) in [5.74, 6) is -0.0550. The predicted molar refractivity (Wildman–Crippen MR) is 99.9 cm³/mol. The van der Waals surface area contributed by atoms with Gasteiger partial charge in [-0.2, -0.15) is 0 Å². The molecule has 1 fully saturated rings. The molecule has 0 aromatic carbocycles. The number of rotatable bonds is 3. The Kier molecular flexibility index (Phi) is 7.74. The Balaban J connectivity index is 0.00000132. The van der Waals surface area contributed by atoms with Crippen LogP contribution in [0.3, 0.4) is 0 Å². The molecule has 23 heavy (non-hydrogen) atoms. The summed E-state index contributed by atoms with van der Waals surface area (Å²) in [6, 6.07) is 0. The van der Waals surface area contributed by atoms with Crippen LogP contribution in [0.1, 0.15) is 49.6 Å². The second-order valence-electron chi connectivity index (χ2n) is 6.18. The summed E-state index contributed by atoms with van der Waals surface area (Å²) >= 11 is 1.61. The minimum Gasteiger partial charge on any atom is -0.317 e. The molecule has 1 saturated carbocycles. The quantitative estimate of drug-likeness (QED) is 0.845. The number of hydrogen-bond donors (Lipinski definition) is 2. The Hall–Kier alpha value is -0.400. The van der Waals surface area contributed by atoms with Crippen molar-refractivity contribution in [2.75, 3.05) is 18.4 Å². The number of aromatic nitrogens is 1. The number of amides is 1. The molecule has 0 bridgehead atoms. The molecule has 0 unspecified atom stereocenters. The second kappa shape index (κ2) is 8.62. The maximum Gasteiger partial charge on any atom is 0.246 e. The van der Waals surface area contributed by atoms with Crippen molar-refractivity contribution in [2.24, 2.45) is 5.73 Å². The van der Waals surface area contributed by atoms with Crippen molar-refractivity contribution < 1.29 is 4.79 Å². The van der Waals surface area contributed by atoms with E-state index in [1.54, 1.807) is 11.3 Å². The van der Waals surface area contributed by atoms with Crippen LogP contribution in [0.15, 0.2) is 0 Å². The Bertz CT molecular complexity index is 532. The van der Waals surface area contributed by atoms with Crippen LogP contribution in [0, 0.1) is 0 Å². The van der Waals surface area contributed by atoms with Crippen LogP contribution in [0.4, 0.5) is 5.13 Å². The number of likely N-dealkylation sites (N-methyl/N-ethyl adjacent to an activating group) is 1. The van der Waals surface area contributed by atoms with Gasteiger partial charge in [0.05, 0.1) is 11.2 Å². The van der Waals surface area contributed by atoms with E-state index < -0.39 is 5.54 Å². The minimum absolute atomic E-state index is 0. The SMILES string of the molecule is CCN1CCc2nc(NC(=O)C3(N)CCCCC3)sc2C1.Cl.Cl. The lowest BCUT2D eigenvalue weighted by Crippen LogP contribution is -2.52. The van der Waals surface area contributed by atoms with E-state index in [-0.39, 0.29) is 30.7 Å². The smallest absolute Gasteiger partial charge is 0.246 e. The Morgan fingerprint density at radius 1 is 1.35 bits per heavy atom. The van der Waals surface area contributed by atoms with Crippen LogP contribution >= 0.6 is 36.2 Å². The van der Waals surface area contributed by atoms with Crippen molar-refractivity contribution in [1.82, 2.24) is 9.88 Å². The fourth-order valence-electron chi connectivity index (χ4n) is 3.20. The highest BCUT2D eigenvalue weighted by atomic mass is 35.5. The van der Waals surface area contributed by atoms with Crippen molar-refractivity contribution in [3.8, 4) is 0 Å². The van der Waals surface area contributed by atoms with Crippen LogP contribution < -0.4 is 11.1 Å². The predicted octanol–water partition coefficient (Wildman–Crippen LogP) is 2.96. The summed E-state index contributed by atoms with van der Waals surface area (Å²) in [4.78, 5) is 20.7. The molecule has 1 aliphatic carbocycles. The van der Waals surface area contributed by atoms with Crippen molar-refractivity contribution in [2.45, 2.75) is 57.5 Å². The fourth-order valence-corrected chi connectivity index (χ4v) is 4.25. The summed E-state index contributed by atoms with van der Waals surface area (Å²) in [5, 5.41) is 3.69. The lowest BCUT2D eigenvalue weighted by molar-refractivity contribution is -0.122. The van der Waals surface area contributed by atoms with Gasteiger partial charge < -0.3 is 11.1 Å². The highest BCUT2D eigenvalue weighted by Crippen LogP contribution is 2.31. The number of hydrogen-bond acceptors (Lipinski definition) is 5. The van der Waals surface area contributed by atoms with Gasteiger partial charge in [-0.05, 0) is 19.4 Å². The van der Waals surface area contributed by atoms with Crippen LogP contribution in [0.5, 0.6) is 0 Å². The third-order valence-electron chi connectivity index (χ3n) is 4.68. The van der Waals surface area contributed by atoms with Crippen LogP contribution in [0.25, 0.3) is 0 Å². The number of carbonyl (C=O) groups is 1. The largest absolute Gasteiger partial charge is 0.317 e. The molecule has 0 saturated heterocycles. The van der Waals surface area contributed by atoms with Gasteiger partial charge in [-0.1, -0.05) is 26.2 Å². The summed E-state index contributed by atoms with van der Waals surface area (Å²) in [6.45, 7) is 5.25. The van der Waals surface area contributed by atoms with E-state index in [0.717, 1.165) is 62.6 Å². The maximum atomic E-state index is 12.4. The number of anilines is 1. The Morgan fingerprint density at radius 3 is 2.70 bits per heavy atom. The number of nitrogens with two attached hydrogens (primary N) is 1. The molecule has 1 aliphatic heterocycles. The minimum atomic E-state index is -0.695. The first-order valence-electron chi connectivity index (χ1n) is 7.92. The third-order valence-corrected chi connectivity index (χ3v) is 5.67. The van der Waals surface area contributed by atoms with E-state index in [4.69, 9.17) is 5.73 Å². The fraction of sp³-hybridized carbons (Fsp3) is 0.733. The lowest BCUT2D eigenvalue weighted by atomic mass is 9.82. The first kappa shape index (κ1) is 20.6. The van der Waals surface area contributed by atoms with E-state index >= 15 is 0 Å². The molecule has 3 N–H and O–H groups in total. The van der Waals surface area contributed by atoms with E-state index in [0.29, 0.717) is 0 Å². The molecule has 2 aliphatic rings. The molecule has 0 atom stereocenters. The topological polar surface area (TPSA) is 71.2 Å². The molecule has 0 radical (unpaired) electrons. The standard InChI is InChI=1S/C15H24N4OS.2ClH/c1-2-19-9-6-11-12(10-19)21-14(17-11)18-13(20)15(16)7-4-3-5-8-15;;/h2-10,16H2,1H3,(H,17,18,20);2*1H. The maximum absolute atomic E-state index is 12.4. The highest BCUT2D eigenvalue weighted by molar-refractivity contribution is 7.15. The van der Waals surface area contributed by atoms with E-state index in [1.165, 1.54) is 11.3 Å². The number of nitrogens with one attached hydrogen (secondary N) is 1.